The molecule has 1 heterocycles. The Labute approximate surface area is 151 Å². The maximum absolute atomic E-state index is 12.0. The molecule has 1 aromatic carbocycles. The van der Waals surface area contributed by atoms with E-state index in [0.717, 1.165) is 21.7 Å². The zero-order valence-electron chi connectivity index (χ0n) is 14.6. The maximum Gasteiger partial charge on any atom is 0.269 e. The van der Waals surface area contributed by atoms with E-state index in [1.165, 1.54) is 12.1 Å². The average Bonchev–Trinajstić information content (AvgIpc) is 3.08. The molecule has 0 radical (unpaired) electrons. The fraction of sp³-hybridized carbons (Fsp3) is 0.389. The van der Waals surface area contributed by atoms with Gasteiger partial charge in [0.05, 0.1) is 11.0 Å². The van der Waals surface area contributed by atoms with E-state index >= 15 is 0 Å². The summed E-state index contributed by atoms with van der Waals surface area (Å²) in [5, 5.41) is 16.9. The zero-order chi connectivity index (χ0) is 18.4. The van der Waals surface area contributed by atoms with Gasteiger partial charge >= 0.3 is 0 Å². The van der Waals surface area contributed by atoms with Gasteiger partial charge in [0, 0.05) is 34.5 Å². The number of thiophene rings is 1. The molecule has 2 atom stereocenters. The second-order valence-corrected chi connectivity index (χ2v) is 7.16. The van der Waals surface area contributed by atoms with Gasteiger partial charge in [0.1, 0.15) is 0 Å². The van der Waals surface area contributed by atoms with Crippen LogP contribution in [-0.2, 0) is 11.3 Å². The molecular weight excluding hydrogens is 338 g/mol. The third-order valence-corrected chi connectivity index (χ3v) is 5.14. The first-order chi connectivity index (χ1) is 11.9. The normalized spacial score (nSPS) is 13.2. The molecule has 1 aromatic heterocycles. The van der Waals surface area contributed by atoms with Crippen molar-refractivity contribution in [2.75, 3.05) is 0 Å². The lowest BCUT2D eigenvalue weighted by molar-refractivity contribution is -0.384. The van der Waals surface area contributed by atoms with Crippen molar-refractivity contribution >= 4 is 22.9 Å². The molecule has 2 N–H and O–H groups in total. The predicted octanol–water partition coefficient (Wildman–Crippen LogP) is 3.72. The minimum Gasteiger partial charge on any atom is -0.352 e. The number of nitro groups is 1. The number of amides is 1. The van der Waals surface area contributed by atoms with Crippen LogP contribution in [-0.4, -0.2) is 22.9 Å². The highest BCUT2D eigenvalue weighted by Crippen LogP contribution is 2.29. The van der Waals surface area contributed by atoms with Crippen molar-refractivity contribution in [1.29, 1.82) is 0 Å². The highest BCUT2D eigenvalue weighted by atomic mass is 32.1. The first-order valence-corrected chi connectivity index (χ1v) is 9.09. The van der Waals surface area contributed by atoms with Crippen LogP contribution in [0.5, 0.6) is 0 Å². The van der Waals surface area contributed by atoms with Crippen molar-refractivity contribution in [3.63, 3.8) is 0 Å². The van der Waals surface area contributed by atoms with Gasteiger partial charge < -0.3 is 10.6 Å². The third kappa shape index (κ3) is 5.37. The van der Waals surface area contributed by atoms with Crippen molar-refractivity contribution in [3.05, 3.63) is 51.4 Å². The Balaban J connectivity index is 1.93. The third-order valence-electron chi connectivity index (χ3n) is 4.00. The minimum atomic E-state index is -0.403. The van der Waals surface area contributed by atoms with Crippen LogP contribution in [0.25, 0.3) is 10.4 Å². The van der Waals surface area contributed by atoms with Crippen LogP contribution in [0.1, 0.15) is 32.1 Å². The summed E-state index contributed by atoms with van der Waals surface area (Å²) in [6.45, 7) is 6.48. The number of hydrogen-bond acceptors (Lipinski definition) is 5. The number of carbonyl (C=O) groups excluding carboxylic acids is 1. The monoisotopic (exact) mass is 361 g/mol. The average molecular weight is 361 g/mol. The minimum absolute atomic E-state index is 0.00139. The standard InChI is InChI=1S/C18H23N3O3S/c1-4-12(2)20-18(22)13(3)19-11-16-9-10-17(25-16)14-5-7-15(8-6-14)21(23)24/h5-10,12-13,19H,4,11H2,1-3H3,(H,20,22). The summed E-state index contributed by atoms with van der Waals surface area (Å²) in [5.74, 6) is 0.00139. The summed E-state index contributed by atoms with van der Waals surface area (Å²) in [6, 6.07) is 10.4. The molecule has 134 valence electrons. The summed E-state index contributed by atoms with van der Waals surface area (Å²) in [4.78, 5) is 24.5. The van der Waals surface area contributed by atoms with Gasteiger partial charge in [0.25, 0.3) is 5.69 Å². The fourth-order valence-corrected chi connectivity index (χ4v) is 3.16. The second kappa shape index (κ2) is 8.73. The van der Waals surface area contributed by atoms with E-state index in [1.807, 2.05) is 32.9 Å². The molecule has 0 aliphatic carbocycles. The Hall–Kier alpha value is -2.25. The maximum atomic E-state index is 12.0. The second-order valence-electron chi connectivity index (χ2n) is 5.99. The van der Waals surface area contributed by atoms with E-state index in [2.05, 4.69) is 10.6 Å². The summed E-state index contributed by atoms with van der Waals surface area (Å²) < 4.78 is 0. The smallest absolute Gasteiger partial charge is 0.269 e. The Morgan fingerprint density at radius 1 is 1.20 bits per heavy atom. The van der Waals surface area contributed by atoms with Gasteiger partial charge in [-0.25, -0.2) is 0 Å². The van der Waals surface area contributed by atoms with Gasteiger partial charge in [-0.1, -0.05) is 6.92 Å². The molecule has 0 spiro atoms. The van der Waals surface area contributed by atoms with Gasteiger partial charge in [0.2, 0.25) is 5.91 Å². The largest absolute Gasteiger partial charge is 0.352 e. The molecule has 0 saturated heterocycles. The molecule has 2 aromatic rings. The van der Waals surface area contributed by atoms with Crippen molar-refractivity contribution in [1.82, 2.24) is 10.6 Å². The topological polar surface area (TPSA) is 84.3 Å². The molecule has 7 heteroatoms. The SMILES string of the molecule is CCC(C)NC(=O)C(C)NCc1ccc(-c2ccc([N+](=O)[O-])cc2)s1. The number of rotatable bonds is 8. The Morgan fingerprint density at radius 3 is 2.48 bits per heavy atom. The van der Waals surface area contributed by atoms with Crippen molar-refractivity contribution in [2.24, 2.45) is 0 Å². The molecule has 2 unspecified atom stereocenters. The van der Waals surface area contributed by atoms with E-state index < -0.39 is 4.92 Å². The number of hydrogen-bond donors (Lipinski definition) is 2. The predicted molar refractivity (Wildman–Crippen MR) is 101 cm³/mol. The molecule has 25 heavy (non-hydrogen) atoms. The molecule has 0 saturated carbocycles. The van der Waals surface area contributed by atoms with Crippen molar-refractivity contribution in [2.45, 2.75) is 45.8 Å². The first kappa shape index (κ1) is 19.1. The van der Waals surface area contributed by atoms with Crippen LogP contribution in [0, 0.1) is 10.1 Å². The molecule has 0 fully saturated rings. The Morgan fingerprint density at radius 2 is 1.88 bits per heavy atom. The van der Waals surface area contributed by atoms with Crippen LogP contribution in [0.15, 0.2) is 36.4 Å². The Kier molecular flexibility index (Phi) is 6.66. The number of nitro benzene ring substituents is 1. The highest BCUT2D eigenvalue weighted by Gasteiger charge is 2.14. The summed E-state index contributed by atoms with van der Waals surface area (Å²) >= 11 is 1.61. The highest BCUT2D eigenvalue weighted by molar-refractivity contribution is 7.15. The van der Waals surface area contributed by atoms with Crippen LogP contribution in [0.2, 0.25) is 0 Å². The fourth-order valence-electron chi connectivity index (χ4n) is 2.19. The number of non-ortho nitro benzene ring substituents is 1. The lowest BCUT2D eigenvalue weighted by Crippen LogP contribution is -2.44. The van der Waals surface area contributed by atoms with E-state index in [1.54, 1.807) is 23.5 Å². The van der Waals surface area contributed by atoms with Crippen LogP contribution in [0.4, 0.5) is 5.69 Å². The molecule has 0 aliphatic rings. The molecule has 1 amide bonds. The molecule has 0 aliphatic heterocycles. The molecular formula is C18H23N3O3S. The number of benzene rings is 1. The quantitative estimate of drug-likeness (QED) is 0.554. The van der Waals surface area contributed by atoms with Gasteiger partial charge in [-0.05, 0) is 50.1 Å². The summed E-state index contributed by atoms with van der Waals surface area (Å²) in [6.07, 6.45) is 0.905. The van der Waals surface area contributed by atoms with Crippen molar-refractivity contribution in [3.8, 4) is 10.4 Å². The van der Waals surface area contributed by atoms with Gasteiger partial charge in [0.15, 0.2) is 0 Å². The molecule has 6 nitrogen and oxygen atoms in total. The van der Waals surface area contributed by atoms with Crippen molar-refractivity contribution < 1.29 is 9.72 Å². The molecule has 0 bridgehead atoms. The summed E-state index contributed by atoms with van der Waals surface area (Å²) in [5.41, 5.74) is 1.03. The van der Waals surface area contributed by atoms with Gasteiger partial charge in [-0.15, -0.1) is 11.3 Å². The number of nitrogens with zero attached hydrogens (tertiary/aromatic N) is 1. The van der Waals surface area contributed by atoms with E-state index in [0.29, 0.717) is 6.54 Å². The lowest BCUT2D eigenvalue weighted by atomic mass is 10.2. The lowest BCUT2D eigenvalue weighted by Gasteiger charge is -2.17. The summed E-state index contributed by atoms with van der Waals surface area (Å²) in [7, 11) is 0. The molecule has 2 rings (SSSR count). The van der Waals surface area contributed by atoms with E-state index in [9.17, 15) is 14.9 Å². The van der Waals surface area contributed by atoms with E-state index in [-0.39, 0.29) is 23.7 Å². The van der Waals surface area contributed by atoms with Crippen LogP contribution >= 0.6 is 11.3 Å². The number of nitrogens with one attached hydrogen (secondary N) is 2. The first-order valence-electron chi connectivity index (χ1n) is 8.28. The number of carbonyl (C=O) groups is 1. The Bertz CT molecular complexity index is 727. The van der Waals surface area contributed by atoms with E-state index in [4.69, 9.17) is 0 Å². The van der Waals surface area contributed by atoms with Gasteiger partial charge in [-0.3, -0.25) is 14.9 Å². The van der Waals surface area contributed by atoms with Crippen LogP contribution < -0.4 is 10.6 Å². The van der Waals surface area contributed by atoms with Gasteiger partial charge in [-0.2, -0.15) is 0 Å². The zero-order valence-corrected chi connectivity index (χ0v) is 15.4. The van der Waals surface area contributed by atoms with Crippen LogP contribution in [0.3, 0.4) is 0 Å².